The Hall–Kier alpha value is -2.42. The summed E-state index contributed by atoms with van der Waals surface area (Å²) in [5, 5.41) is 12.3. The molecule has 2 N–H and O–H groups in total. The molecule has 0 aliphatic carbocycles. The number of aliphatic hydroxyl groups is 1. The number of hydrogen-bond acceptors (Lipinski definition) is 6. The van der Waals surface area contributed by atoms with Gasteiger partial charge in [-0.1, -0.05) is 54.3 Å². The zero-order chi connectivity index (χ0) is 19.2. The number of nitrogens with one attached hydrogen (secondary N) is 1. The minimum atomic E-state index is -0.433. The van der Waals surface area contributed by atoms with Crippen LogP contribution in [0, 0.1) is 0 Å². The van der Waals surface area contributed by atoms with E-state index in [-0.39, 0.29) is 25.0 Å². The Morgan fingerprint density at radius 1 is 1.30 bits per heavy atom. The maximum absolute atomic E-state index is 12.5. The van der Waals surface area contributed by atoms with Crippen molar-refractivity contribution in [3.8, 4) is 0 Å². The molecule has 2 amide bonds. The summed E-state index contributed by atoms with van der Waals surface area (Å²) < 4.78 is 5.52. The Morgan fingerprint density at radius 3 is 2.74 bits per heavy atom. The van der Waals surface area contributed by atoms with Crippen LogP contribution in [0.25, 0.3) is 6.08 Å². The molecule has 2 aromatic rings. The fraction of sp³-hybridized carbons (Fsp3) is 0.211. The Morgan fingerprint density at radius 2 is 2.07 bits per heavy atom. The molecular weight excluding hydrogens is 384 g/mol. The number of hydrogen-bond donors (Lipinski definition) is 2. The highest BCUT2D eigenvalue weighted by molar-refractivity contribution is 8.26. The van der Waals surface area contributed by atoms with Crippen molar-refractivity contribution < 1.29 is 19.1 Å². The second-order valence-electron chi connectivity index (χ2n) is 5.92. The van der Waals surface area contributed by atoms with Gasteiger partial charge in [-0.3, -0.25) is 14.5 Å². The van der Waals surface area contributed by atoms with Gasteiger partial charge in [0.2, 0.25) is 5.91 Å². The molecule has 140 valence electrons. The third-order valence-corrected chi connectivity index (χ3v) is 5.28. The third-order valence-electron chi connectivity index (χ3n) is 3.90. The van der Waals surface area contributed by atoms with Crippen molar-refractivity contribution in [2.75, 3.05) is 13.2 Å². The Balaban J connectivity index is 1.59. The van der Waals surface area contributed by atoms with E-state index in [0.717, 1.165) is 17.3 Å². The maximum atomic E-state index is 12.5. The topological polar surface area (TPSA) is 82.8 Å². The van der Waals surface area contributed by atoms with Crippen molar-refractivity contribution in [1.29, 1.82) is 0 Å². The van der Waals surface area contributed by atoms with Crippen molar-refractivity contribution in [1.82, 2.24) is 10.2 Å². The third kappa shape index (κ3) is 5.06. The smallest absolute Gasteiger partial charge is 0.266 e. The summed E-state index contributed by atoms with van der Waals surface area (Å²) in [4.78, 5) is 26.5. The van der Waals surface area contributed by atoms with Crippen LogP contribution in [0.5, 0.6) is 0 Å². The molecule has 3 rings (SSSR count). The fourth-order valence-corrected chi connectivity index (χ4v) is 3.85. The molecule has 1 saturated heterocycles. The molecule has 8 heteroatoms. The number of benzene rings is 1. The lowest BCUT2D eigenvalue weighted by molar-refractivity contribution is -0.129. The normalized spacial score (nSPS) is 16.8. The Bertz CT molecular complexity index is 850. The number of thiocarbonyl (C=S) groups is 1. The van der Waals surface area contributed by atoms with E-state index >= 15 is 0 Å². The molecule has 1 fully saturated rings. The molecule has 1 aromatic carbocycles. The minimum Gasteiger partial charge on any atom is -0.465 e. The maximum Gasteiger partial charge on any atom is 0.266 e. The summed E-state index contributed by atoms with van der Waals surface area (Å²) in [6.45, 7) is -0.386. The van der Waals surface area contributed by atoms with Crippen molar-refractivity contribution in [3.05, 3.63) is 65.0 Å². The van der Waals surface area contributed by atoms with E-state index in [1.165, 1.54) is 11.2 Å². The van der Waals surface area contributed by atoms with Gasteiger partial charge < -0.3 is 14.8 Å². The van der Waals surface area contributed by atoms with E-state index in [1.54, 1.807) is 18.2 Å². The van der Waals surface area contributed by atoms with Crippen LogP contribution in [0.3, 0.4) is 0 Å². The number of aliphatic hydroxyl groups excluding tert-OH is 1. The van der Waals surface area contributed by atoms with Gasteiger partial charge >= 0.3 is 0 Å². The molecule has 0 bridgehead atoms. The first-order valence-corrected chi connectivity index (χ1v) is 9.52. The highest BCUT2D eigenvalue weighted by Gasteiger charge is 2.33. The first-order chi connectivity index (χ1) is 13.1. The molecule has 1 aliphatic rings. The Labute approximate surface area is 166 Å². The minimum absolute atomic E-state index is 0.189. The summed E-state index contributed by atoms with van der Waals surface area (Å²) in [6.07, 6.45) is 3.62. The van der Waals surface area contributed by atoms with E-state index in [4.69, 9.17) is 16.6 Å². The van der Waals surface area contributed by atoms with Crippen molar-refractivity contribution >= 4 is 46.2 Å². The van der Waals surface area contributed by atoms with Gasteiger partial charge in [-0.2, -0.15) is 0 Å². The number of amides is 2. The van der Waals surface area contributed by atoms with Crippen molar-refractivity contribution in [2.45, 2.75) is 12.5 Å². The molecule has 27 heavy (non-hydrogen) atoms. The molecular formula is C19H18N2O4S2. The van der Waals surface area contributed by atoms with Gasteiger partial charge in [0.1, 0.15) is 16.6 Å². The number of furan rings is 1. The molecule has 1 unspecified atom stereocenters. The predicted molar refractivity (Wildman–Crippen MR) is 108 cm³/mol. The molecule has 2 heterocycles. The van der Waals surface area contributed by atoms with E-state index < -0.39 is 6.04 Å². The average molecular weight is 402 g/mol. The first kappa shape index (κ1) is 19.3. The van der Waals surface area contributed by atoms with Crippen LogP contribution in [0.15, 0.2) is 58.1 Å². The second kappa shape index (κ2) is 8.98. The van der Waals surface area contributed by atoms with Crippen LogP contribution in [-0.2, 0) is 16.0 Å². The summed E-state index contributed by atoms with van der Waals surface area (Å²) in [7, 11) is 0. The Kier molecular flexibility index (Phi) is 6.44. The first-order valence-electron chi connectivity index (χ1n) is 8.30. The zero-order valence-electron chi connectivity index (χ0n) is 14.3. The van der Waals surface area contributed by atoms with Crippen molar-refractivity contribution in [3.63, 3.8) is 0 Å². The van der Waals surface area contributed by atoms with Crippen LogP contribution in [0.2, 0.25) is 0 Å². The van der Waals surface area contributed by atoms with E-state index in [9.17, 15) is 14.7 Å². The lowest BCUT2D eigenvalue weighted by Gasteiger charge is -2.19. The largest absolute Gasteiger partial charge is 0.465 e. The highest BCUT2D eigenvalue weighted by Crippen LogP contribution is 2.32. The van der Waals surface area contributed by atoms with Crippen LogP contribution >= 0.6 is 24.0 Å². The standard InChI is InChI=1S/C19H18N2O4S2/c22-12-14(9-13-5-2-1-3-6-13)20-17(23)11-21-18(24)16(27-19(21)26)10-15-7-4-8-25-15/h1-8,10,14,22H,9,11-12H2,(H,20,23). The molecule has 0 spiro atoms. The number of thioether (sulfide) groups is 1. The van der Waals surface area contributed by atoms with Crippen LogP contribution < -0.4 is 5.32 Å². The summed E-state index contributed by atoms with van der Waals surface area (Å²) in [5.41, 5.74) is 1.00. The molecule has 0 radical (unpaired) electrons. The number of carbonyl (C=O) groups excluding carboxylic acids is 2. The molecule has 6 nitrogen and oxygen atoms in total. The van der Waals surface area contributed by atoms with Crippen molar-refractivity contribution in [2.24, 2.45) is 0 Å². The molecule has 1 aromatic heterocycles. The SMILES string of the molecule is O=C(CN1C(=O)C(=Cc2ccco2)SC1=S)NC(CO)Cc1ccccc1. The number of nitrogens with zero attached hydrogens (tertiary/aromatic N) is 1. The fourth-order valence-electron chi connectivity index (χ4n) is 2.62. The summed E-state index contributed by atoms with van der Waals surface area (Å²) >= 11 is 6.35. The van der Waals surface area contributed by atoms with Crippen LogP contribution in [0.1, 0.15) is 11.3 Å². The number of carbonyl (C=O) groups is 2. The van der Waals surface area contributed by atoms with Gasteiger partial charge in [0.05, 0.1) is 23.8 Å². The zero-order valence-corrected chi connectivity index (χ0v) is 16.0. The van der Waals surface area contributed by atoms with Crippen LogP contribution in [0.4, 0.5) is 0 Å². The predicted octanol–water partition coefficient (Wildman–Crippen LogP) is 2.20. The van der Waals surface area contributed by atoms with Crippen LogP contribution in [-0.4, -0.2) is 45.3 Å². The average Bonchev–Trinajstić information content (AvgIpc) is 3.26. The highest BCUT2D eigenvalue weighted by atomic mass is 32.2. The lowest BCUT2D eigenvalue weighted by atomic mass is 10.1. The molecule has 1 aliphatic heterocycles. The molecule has 0 saturated carbocycles. The van der Waals surface area contributed by atoms with Gasteiger partial charge in [0.25, 0.3) is 5.91 Å². The monoisotopic (exact) mass is 402 g/mol. The summed E-state index contributed by atoms with van der Waals surface area (Å²) in [6, 6.07) is 12.6. The number of rotatable bonds is 7. The van der Waals surface area contributed by atoms with Gasteiger partial charge in [-0.05, 0) is 24.1 Å². The van der Waals surface area contributed by atoms with Gasteiger partial charge in [0, 0.05) is 6.08 Å². The quantitative estimate of drug-likeness (QED) is 0.546. The van der Waals surface area contributed by atoms with Gasteiger partial charge in [-0.15, -0.1) is 0 Å². The van der Waals surface area contributed by atoms with E-state index in [0.29, 0.717) is 21.4 Å². The van der Waals surface area contributed by atoms with E-state index in [2.05, 4.69) is 5.32 Å². The van der Waals surface area contributed by atoms with Gasteiger partial charge in [0.15, 0.2) is 0 Å². The molecule has 1 atom stereocenters. The van der Waals surface area contributed by atoms with Gasteiger partial charge in [-0.25, -0.2) is 0 Å². The lowest BCUT2D eigenvalue weighted by Crippen LogP contribution is -2.45. The summed E-state index contributed by atoms with van der Waals surface area (Å²) in [5.74, 6) is -0.163. The van der Waals surface area contributed by atoms with E-state index in [1.807, 2.05) is 30.3 Å². The second-order valence-corrected chi connectivity index (χ2v) is 7.60.